The van der Waals surface area contributed by atoms with Crippen LogP contribution in [0, 0.1) is 0 Å². The van der Waals surface area contributed by atoms with Crippen molar-refractivity contribution < 1.29 is 14.3 Å². The Morgan fingerprint density at radius 2 is 1.82 bits per heavy atom. The maximum atomic E-state index is 13.0. The number of nitrogens with zero attached hydrogens (tertiary/aromatic N) is 1. The zero-order chi connectivity index (χ0) is 24.6. The first-order valence-electron chi connectivity index (χ1n) is 12.0. The highest BCUT2D eigenvalue weighted by Gasteiger charge is 2.30. The van der Waals surface area contributed by atoms with Gasteiger partial charge in [0, 0.05) is 35.4 Å². The van der Waals surface area contributed by atoms with Crippen molar-refractivity contribution in [1.82, 2.24) is 10.2 Å². The molecular formula is C25H34BrN3O3S2. The van der Waals surface area contributed by atoms with Crippen LogP contribution in [0.15, 0.2) is 3.79 Å². The maximum Gasteiger partial charge on any atom is 0.341 e. The summed E-state index contributed by atoms with van der Waals surface area (Å²) in [4.78, 5) is 31.0. The Hall–Kier alpha value is -1.42. The zero-order valence-electron chi connectivity index (χ0n) is 20.6. The van der Waals surface area contributed by atoms with E-state index in [1.165, 1.54) is 26.7 Å². The van der Waals surface area contributed by atoms with E-state index in [1.807, 2.05) is 20.8 Å². The van der Waals surface area contributed by atoms with Gasteiger partial charge in [0.15, 0.2) is 0 Å². The number of anilines is 1. The number of halogens is 1. The lowest BCUT2D eigenvalue weighted by Crippen LogP contribution is -2.35. The van der Waals surface area contributed by atoms with E-state index in [0.717, 1.165) is 60.1 Å². The van der Waals surface area contributed by atoms with Gasteiger partial charge < -0.3 is 10.1 Å². The van der Waals surface area contributed by atoms with Gasteiger partial charge in [-0.15, -0.1) is 22.7 Å². The zero-order valence-corrected chi connectivity index (χ0v) is 23.8. The van der Waals surface area contributed by atoms with Gasteiger partial charge in [0.05, 0.1) is 9.35 Å². The van der Waals surface area contributed by atoms with E-state index in [-0.39, 0.29) is 12.0 Å². The highest BCUT2D eigenvalue weighted by atomic mass is 79.9. The summed E-state index contributed by atoms with van der Waals surface area (Å²) >= 11 is 7.00. The fourth-order valence-corrected chi connectivity index (χ4v) is 7.94. The van der Waals surface area contributed by atoms with Gasteiger partial charge in [-0.05, 0) is 99.3 Å². The summed E-state index contributed by atoms with van der Waals surface area (Å²) < 4.78 is 6.77. The quantitative estimate of drug-likeness (QED) is 0.405. The number of carbonyl (C=O) groups is 2. The lowest BCUT2D eigenvalue weighted by molar-refractivity contribution is 0.00699. The molecule has 0 unspecified atom stereocenters. The molecule has 0 aromatic carbocycles. The lowest BCUT2D eigenvalue weighted by Gasteiger charge is -2.30. The Morgan fingerprint density at radius 1 is 1.09 bits per heavy atom. The van der Waals surface area contributed by atoms with E-state index < -0.39 is 5.60 Å². The molecule has 2 aromatic heterocycles. The van der Waals surface area contributed by atoms with Crippen molar-refractivity contribution in [2.24, 2.45) is 0 Å². The van der Waals surface area contributed by atoms with Crippen LogP contribution >= 0.6 is 38.6 Å². The number of hydrogen-bond donors (Lipinski definition) is 2. The van der Waals surface area contributed by atoms with Crippen molar-refractivity contribution in [3.05, 3.63) is 35.8 Å². The molecule has 9 heteroatoms. The number of fused-ring (bicyclic) bond motifs is 2. The van der Waals surface area contributed by atoms with Gasteiger partial charge in [0.25, 0.3) is 0 Å². The van der Waals surface area contributed by atoms with E-state index in [0.29, 0.717) is 23.2 Å². The third kappa shape index (κ3) is 5.69. The van der Waals surface area contributed by atoms with E-state index in [4.69, 9.17) is 4.74 Å². The van der Waals surface area contributed by atoms with Gasteiger partial charge in [-0.3, -0.25) is 10.2 Å². The summed E-state index contributed by atoms with van der Waals surface area (Å²) in [6.07, 6.45) is 4.95. The molecule has 0 bridgehead atoms. The van der Waals surface area contributed by atoms with E-state index in [1.54, 1.807) is 11.3 Å². The number of hydrogen-bond acceptors (Lipinski definition) is 6. The SMILES string of the molecule is CC(C)N1CCc2c(sc(Br)c2CNC(=O)Nc2sc3c(c2C(=O)OC(C)(C)C)CCCC3)C1. The summed E-state index contributed by atoms with van der Waals surface area (Å²) in [5.74, 6) is -0.355. The van der Waals surface area contributed by atoms with Crippen LogP contribution in [0.3, 0.4) is 0 Å². The van der Waals surface area contributed by atoms with Crippen LogP contribution in [0.25, 0.3) is 0 Å². The van der Waals surface area contributed by atoms with Gasteiger partial charge in [0.2, 0.25) is 0 Å². The normalized spacial score (nSPS) is 16.2. The third-order valence-corrected chi connectivity index (χ3v) is 9.52. The Balaban J connectivity index is 1.47. The van der Waals surface area contributed by atoms with Crippen molar-refractivity contribution in [2.75, 3.05) is 11.9 Å². The highest BCUT2D eigenvalue weighted by molar-refractivity contribution is 9.11. The minimum atomic E-state index is -0.588. The number of amides is 2. The standard InChI is InChI=1S/C25H34BrN3O3S2/c1-14(2)29-11-10-15-17(21(26)33-19(15)13-29)12-27-24(31)28-22-20(23(30)32-25(3,4)5)16-8-6-7-9-18(16)34-22/h14H,6-13H2,1-5H3,(H2,27,28,31). The van der Waals surface area contributed by atoms with Crippen molar-refractivity contribution in [1.29, 1.82) is 0 Å². The van der Waals surface area contributed by atoms with E-state index >= 15 is 0 Å². The molecular weight excluding hydrogens is 534 g/mol. The van der Waals surface area contributed by atoms with Crippen molar-refractivity contribution in [3.63, 3.8) is 0 Å². The molecule has 0 radical (unpaired) electrons. The second-order valence-corrected chi connectivity index (χ2v) is 13.8. The third-order valence-electron chi connectivity index (χ3n) is 6.30. The van der Waals surface area contributed by atoms with Gasteiger partial charge in [-0.2, -0.15) is 0 Å². The second-order valence-electron chi connectivity index (χ2n) is 10.3. The van der Waals surface area contributed by atoms with Crippen LogP contribution in [0.1, 0.15) is 84.3 Å². The van der Waals surface area contributed by atoms with Crippen LogP contribution in [0.5, 0.6) is 0 Å². The molecule has 3 heterocycles. The molecule has 34 heavy (non-hydrogen) atoms. The number of rotatable bonds is 5. The first-order valence-corrected chi connectivity index (χ1v) is 14.4. The van der Waals surface area contributed by atoms with E-state index in [2.05, 4.69) is 45.3 Å². The second kappa shape index (κ2) is 10.3. The smallest absolute Gasteiger partial charge is 0.341 e. The minimum absolute atomic E-state index is 0.296. The van der Waals surface area contributed by atoms with Crippen LogP contribution in [-0.4, -0.2) is 35.1 Å². The van der Waals surface area contributed by atoms with Crippen LogP contribution in [0.2, 0.25) is 0 Å². The Labute approximate surface area is 218 Å². The summed E-state index contributed by atoms with van der Waals surface area (Å²) in [5.41, 5.74) is 3.51. The van der Waals surface area contributed by atoms with Crippen LogP contribution < -0.4 is 10.6 Å². The number of aryl methyl sites for hydroxylation is 1. The topological polar surface area (TPSA) is 70.7 Å². The van der Waals surface area contributed by atoms with Gasteiger partial charge in [0.1, 0.15) is 10.6 Å². The van der Waals surface area contributed by atoms with Crippen LogP contribution in [-0.2, 0) is 37.1 Å². The molecule has 0 atom stereocenters. The summed E-state index contributed by atoms with van der Waals surface area (Å²) in [6.45, 7) is 12.5. The molecule has 4 rings (SSSR count). The van der Waals surface area contributed by atoms with Crippen molar-refractivity contribution in [2.45, 2.75) is 91.5 Å². The fourth-order valence-electron chi connectivity index (χ4n) is 4.59. The van der Waals surface area contributed by atoms with Gasteiger partial charge >= 0.3 is 12.0 Å². The molecule has 1 aliphatic carbocycles. The van der Waals surface area contributed by atoms with E-state index in [9.17, 15) is 9.59 Å². The van der Waals surface area contributed by atoms with Gasteiger partial charge in [-0.25, -0.2) is 9.59 Å². The number of nitrogens with one attached hydrogen (secondary N) is 2. The fraction of sp³-hybridized carbons (Fsp3) is 0.600. The van der Waals surface area contributed by atoms with Crippen LogP contribution in [0.4, 0.5) is 9.80 Å². The minimum Gasteiger partial charge on any atom is -0.456 e. The first-order chi connectivity index (χ1) is 16.0. The Bertz CT molecular complexity index is 1080. The Kier molecular flexibility index (Phi) is 7.77. The summed E-state index contributed by atoms with van der Waals surface area (Å²) in [5, 5.41) is 6.58. The molecule has 186 valence electrons. The number of esters is 1. The largest absolute Gasteiger partial charge is 0.456 e. The average Bonchev–Trinajstić information content (AvgIpc) is 3.26. The molecule has 1 aliphatic heterocycles. The maximum absolute atomic E-state index is 13.0. The monoisotopic (exact) mass is 567 g/mol. The first kappa shape index (κ1) is 25.7. The van der Waals surface area contributed by atoms with Crippen molar-refractivity contribution in [3.8, 4) is 0 Å². The molecule has 0 saturated heterocycles. The molecule has 0 spiro atoms. The average molecular weight is 569 g/mol. The predicted molar refractivity (Wildman–Crippen MR) is 143 cm³/mol. The van der Waals surface area contributed by atoms with Crippen molar-refractivity contribution >= 4 is 55.6 Å². The molecule has 2 N–H and O–H groups in total. The summed E-state index contributed by atoms with van der Waals surface area (Å²) in [7, 11) is 0. The highest BCUT2D eigenvalue weighted by Crippen LogP contribution is 2.40. The number of urea groups is 1. The lowest BCUT2D eigenvalue weighted by atomic mass is 9.95. The number of carbonyl (C=O) groups excluding carboxylic acids is 2. The molecule has 0 fully saturated rings. The summed E-state index contributed by atoms with van der Waals surface area (Å²) in [6, 6.07) is 0.229. The van der Waals surface area contributed by atoms with Gasteiger partial charge in [-0.1, -0.05) is 0 Å². The number of ether oxygens (including phenoxy) is 1. The molecule has 2 aliphatic rings. The predicted octanol–water partition coefficient (Wildman–Crippen LogP) is 6.49. The Morgan fingerprint density at radius 3 is 2.53 bits per heavy atom. The molecule has 6 nitrogen and oxygen atoms in total. The molecule has 2 amide bonds. The molecule has 0 saturated carbocycles. The number of thiophene rings is 2. The molecule has 2 aromatic rings.